The number of hydrogen-bond acceptors (Lipinski definition) is 6. The number of carbonyl (C=O) groups excluding carboxylic acids is 3. The van der Waals surface area contributed by atoms with E-state index in [1.165, 1.54) is 7.11 Å². The van der Waals surface area contributed by atoms with Gasteiger partial charge in [-0.15, -0.1) is 0 Å². The molecule has 0 heterocycles. The summed E-state index contributed by atoms with van der Waals surface area (Å²) < 4.78 is 14.5. The van der Waals surface area contributed by atoms with Gasteiger partial charge in [0.1, 0.15) is 5.75 Å². The van der Waals surface area contributed by atoms with Gasteiger partial charge >= 0.3 is 11.9 Å². The van der Waals surface area contributed by atoms with Crippen LogP contribution >= 0.6 is 0 Å². The van der Waals surface area contributed by atoms with Crippen molar-refractivity contribution in [3.05, 3.63) is 53.8 Å². The molecule has 118 valence electrons. The highest BCUT2D eigenvalue weighted by Crippen LogP contribution is 2.28. The molecule has 2 aromatic carbocycles. The van der Waals surface area contributed by atoms with Crippen molar-refractivity contribution in [2.24, 2.45) is 0 Å². The summed E-state index contributed by atoms with van der Waals surface area (Å²) in [5.74, 6) is -1.88. The summed E-state index contributed by atoms with van der Waals surface area (Å²) in [7, 11) is 2.32. The van der Waals surface area contributed by atoms with E-state index >= 15 is 0 Å². The minimum atomic E-state index is -0.861. The molecule has 0 aliphatic rings. The Morgan fingerprint density at radius 2 is 1.74 bits per heavy atom. The molecule has 0 saturated heterocycles. The first-order valence-electron chi connectivity index (χ1n) is 6.63. The van der Waals surface area contributed by atoms with Gasteiger partial charge in [-0.3, -0.25) is 4.79 Å². The Balaban J connectivity index is 2.50. The third-order valence-corrected chi connectivity index (χ3v) is 3.11. The molecular formula is C17H14O6. The molecule has 0 N–H and O–H groups in total. The van der Waals surface area contributed by atoms with Crippen LogP contribution in [0.3, 0.4) is 0 Å². The van der Waals surface area contributed by atoms with Crippen molar-refractivity contribution in [2.45, 2.75) is 0 Å². The molecule has 0 atom stereocenters. The van der Waals surface area contributed by atoms with E-state index in [-0.39, 0.29) is 17.1 Å². The fourth-order valence-electron chi connectivity index (χ4n) is 2.00. The van der Waals surface area contributed by atoms with Crippen molar-refractivity contribution in [2.75, 3.05) is 14.2 Å². The summed E-state index contributed by atoms with van der Waals surface area (Å²) in [5, 5.41) is 1.51. The Hall–Kier alpha value is -3.15. The van der Waals surface area contributed by atoms with Crippen molar-refractivity contribution < 1.29 is 28.6 Å². The van der Waals surface area contributed by atoms with E-state index in [0.717, 1.165) is 18.6 Å². The maximum atomic E-state index is 11.7. The van der Waals surface area contributed by atoms with Gasteiger partial charge in [-0.05, 0) is 16.8 Å². The maximum Gasteiger partial charge on any atom is 0.374 e. The van der Waals surface area contributed by atoms with Crippen LogP contribution in [-0.4, -0.2) is 32.4 Å². The minimum absolute atomic E-state index is 0.138. The van der Waals surface area contributed by atoms with E-state index in [2.05, 4.69) is 9.47 Å². The Bertz CT molecular complexity index is 791. The molecule has 6 nitrogen and oxygen atoms in total. The third kappa shape index (κ3) is 3.55. The molecule has 0 radical (unpaired) electrons. The smallest absolute Gasteiger partial charge is 0.374 e. The molecule has 6 heteroatoms. The first-order chi connectivity index (χ1) is 11.1. The van der Waals surface area contributed by atoms with Crippen LogP contribution < -0.4 is 4.74 Å². The van der Waals surface area contributed by atoms with Gasteiger partial charge in [0, 0.05) is 0 Å². The average molecular weight is 314 g/mol. The van der Waals surface area contributed by atoms with E-state index in [9.17, 15) is 14.4 Å². The molecular weight excluding hydrogens is 300 g/mol. The summed E-state index contributed by atoms with van der Waals surface area (Å²) in [5.41, 5.74) is 0.266. The molecule has 0 aliphatic heterocycles. The zero-order valence-corrected chi connectivity index (χ0v) is 12.6. The van der Waals surface area contributed by atoms with Gasteiger partial charge < -0.3 is 14.2 Å². The largest absolute Gasteiger partial charge is 0.466 e. The minimum Gasteiger partial charge on any atom is -0.466 e. The second-order valence-electron chi connectivity index (χ2n) is 4.44. The third-order valence-electron chi connectivity index (χ3n) is 3.11. The predicted octanol–water partition coefficient (Wildman–Crippen LogP) is 2.26. The van der Waals surface area contributed by atoms with Crippen LogP contribution in [0.1, 0.15) is 10.4 Å². The van der Waals surface area contributed by atoms with Crippen LogP contribution in [0.5, 0.6) is 5.75 Å². The van der Waals surface area contributed by atoms with Crippen LogP contribution in [0, 0.1) is 0 Å². The average Bonchev–Trinajstić information content (AvgIpc) is 2.59. The van der Waals surface area contributed by atoms with Gasteiger partial charge in [0.2, 0.25) is 5.76 Å². The fourth-order valence-corrected chi connectivity index (χ4v) is 2.00. The highest BCUT2D eigenvalue weighted by Gasteiger charge is 2.18. The molecule has 2 rings (SSSR count). The Morgan fingerprint density at radius 1 is 1.00 bits per heavy atom. The molecule has 0 spiro atoms. The monoisotopic (exact) mass is 314 g/mol. The normalized spacial score (nSPS) is 11.0. The zero-order chi connectivity index (χ0) is 16.8. The lowest BCUT2D eigenvalue weighted by atomic mass is 10.0. The van der Waals surface area contributed by atoms with E-state index in [1.807, 2.05) is 12.1 Å². The standard InChI is InChI=1S/C17H14O6/c1-21-16(19)9-15(17(20)22-2)23-14-8-7-11-5-3-4-6-12(11)13(14)10-18/h3-10H,1-2H3/b15-9-. The first-order valence-corrected chi connectivity index (χ1v) is 6.63. The highest BCUT2D eigenvalue weighted by atomic mass is 16.6. The summed E-state index contributed by atoms with van der Waals surface area (Å²) in [4.78, 5) is 34.5. The van der Waals surface area contributed by atoms with E-state index in [1.54, 1.807) is 24.3 Å². The summed E-state index contributed by atoms with van der Waals surface area (Å²) >= 11 is 0. The van der Waals surface area contributed by atoms with Crippen LogP contribution in [0.25, 0.3) is 10.8 Å². The molecule has 0 saturated carbocycles. The summed E-state index contributed by atoms with van der Waals surface area (Å²) in [6.45, 7) is 0. The highest BCUT2D eigenvalue weighted by molar-refractivity contribution is 6.01. The Morgan fingerprint density at radius 3 is 2.39 bits per heavy atom. The molecule has 0 amide bonds. The van der Waals surface area contributed by atoms with Crippen LogP contribution in [-0.2, 0) is 19.1 Å². The zero-order valence-electron chi connectivity index (χ0n) is 12.6. The van der Waals surface area contributed by atoms with Gasteiger partial charge in [-0.2, -0.15) is 0 Å². The number of hydrogen-bond donors (Lipinski definition) is 0. The van der Waals surface area contributed by atoms with Crippen molar-refractivity contribution in [1.82, 2.24) is 0 Å². The van der Waals surface area contributed by atoms with Gasteiger partial charge in [-0.1, -0.05) is 30.3 Å². The second-order valence-corrected chi connectivity index (χ2v) is 4.44. The van der Waals surface area contributed by atoms with Gasteiger partial charge in [0.25, 0.3) is 0 Å². The van der Waals surface area contributed by atoms with Gasteiger partial charge in [-0.25, -0.2) is 9.59 Å². The van der Waals surface area contributed by atoms with Crippen molar-refractivity contribution in [3.63, 3.8) is 0 Å². The number of aldehydes is 1. The Labute approximate surface area is 132 Å². The summed E-state index contributed by atoms with van der Waals surface area (Å²) in [6.07, 6.45) is 1.49. The number of fused-ring (bicyclic) bond motifs is 1. The van der Waals surface area contributed by atoms with E-state index < -0.39 is 11.9 Å². The number of esters is 2. The number of carbonyl (C=O) groups is 3. The van der Waals surface area contributed by atoms with Gasteiger partial charge in [0.15, 0.2) is 6.29 Å². The van der Waals surface area contributed by atoms with Crippen molar-refractivity contribution in [1.29, 1.82) is 0 Å². The molecule has 0 fully saturated rings. The van der Waals surface area contributed by atoms with E-state index in [0.29, 0.717) is 11.7 Å². The molecule has 23 heavy (non-hydrogen) atoms. The predicted molar refractivity (Wildman–Crippen MR) is 82.1 cm³/mol. The lowest BCUT2D eigenvalue weighted by Crippen LogP contribution is -2.14. The lowest BCUT2D eigenvalue weighted by Gasteiger charge is -2.11. The van der Waals surface area contributed by atoms with Crippen LogP contribution in [0.2, 0.25) is 0 Å². The number of methoxy groups -OCH3 is 2. The fraction of sp³-hybridized carbons (Fsp3) is 0.118. The molecule has 0 bridgehead atoms. The second kappa shape index (κ2) is 7.22. The molecule has 2 aromatic rings. The lowest BCUT2D eigenvalue weighted by molar-refractivity contribution is -0.140. The van der Waals surface area contributed by atoms with Crippen LogP contribution in [0.15, 0.2) is 48.2 Å². The van der Waals surface area contributed by atoms with E-state index in [4.69, 9.17) is 4.74 Å². The quantitative estimate of drug-likeness (QED) is 0.364. The van der Waals surface area contributed by atoms with Crippen LogP contribution in [0.4, 0.5) is 0 Å². The van der Waals surface area contributed by atoms with Crippen molar-refractivity contribution >= 4 is 29.0 Å². The van der Waals surface area contributed by atoms with Crippen molar-refractivity contribution in [3.8, 4) is 5.75 Å². The number of rotatable bonds is 5. The molecule has 0 aliphatic carbocycles. The number of benzene rings is 2. The molecule has 0 unspecified atom stereocenters. The Kier molecular flexibility index (Phi) is 5.09. The number of ether oxygens (including phenoxy) is 3. The SMILES string of the molecule is COC(=O)/C=C(\Oc1ccc2ccccc2c1C=O)C(=O)OC. The maximum absolute atomic E-state index is 11.7. The summed E-state index contributed by atoms with van der Waals surface area (Å²) in [6, 6.07) is 10.5. The molecule has 0 aromatic heterocycles. The topological polar surface area (TPSA) is 78.9 Å². The first kappa shape index (κ1) is 16.2. The van der Waals surface area contributed by atoms with Gasteiger partial charge in [0.05, 0.1) is 25.9 Å².